The fourth-order valence-electron chi connectivity index (χ4n) is 3.28. The SMILES string of the molecule is CSc1ccc(C(=O)N2CCCN(C(=O)c3ccccc3F)CC2)cc1[N+](=O)[O-]. The molecule has 0 spiro atoms. The molecule has 0 N–H and O–H groups in total. The van der Waals surface area contributed by atoms with Crippen LogP contribution in [0.2, 0.25) is 0 Å². The highest BCUT2D eigenvalue weighted by atomic mass is 32.2. The molecule has 3 rings (SSSR count). The predicted octanol–water partition coefficient (Wildman–Crippen LogP) is 3.44. The van der Waals surface area contributed by atoms with E-state index < -0.39 is 16.6 Å². The quantitative estimate of drug-likeness (QED) is 0.432. The maximum absolute atomic E-state index is 13.9. The van der Waals surface area contributed by atoms with Crippen LogP contribution in [0.3, 0.4) is 0 Å². The molecule has 2 aromatic rings. The largest absolute Gasteiger partial charge is 0.337 e. The van der Waals surface area contributed by atoms with Gasteiger partial charge in [0.2, 0.25) is 0 Å². The summed E-state index contributed by atoms with van der Waals surface area (Å²) < 4.78 is 13.9. The highest BCUT2D eigenvalue weighted by Crippen LogP contribution is 2.29. The summed E-state index contributed by atoms with van der Waals surface area (Å²) in [7, 11) is 0. The number of amides is 2. The molecule has 0 unspecified atom stereocenters. The van der Waals surface area contributed by atoms with Crippen molar-refractivity contribution in [2.24, 2.45) is 0 Å². The van der Waals surface area contributed by atoms with Crippen molar-refractivity contribution >= 4 is 29.3 Å². The number of halogens is 1. The average Bonchev–Trinajstić information content (AvgIpc) is 2.99. The summed E-state index contributed by atoms with van der Waals surface area (Å²) in [5, 5.41) is 11.3. The predicted molar refractivity (Wildman–Crippen MR) is 108 cm³/mol. The van der Waals surface area contributed by atoms with Crippen LogP contribution in [0.15, 0.2) is 47.4 Å². The van der Waals surface area contributed by atoms with Gasteiger partial charge in [-0.15, -0.1) is 11.8 Å². The van der Waals surface area contributed by atoms with Crippen LogP contribution >= 0.6 is 11.8 Å². The van der Waals surface area contributed by atoms with Crippen LogP contribution in [0, 0.1) is 15.9 Å². The first kappa shape index (κ1) is 20.8. The van der Waals surface area contributed by atoms with Gasteiger partial charge in [0.25, 0.3) is 17.5 Å². The molecule has 1 fully saturated rings. The topological polar surface area (TPSA) is 83.8 Å². The number of rotatable bonds is 4. The van der Waals surface area contributed by atoms with Crippen molar-refractivity contribution in [1.82, 2.24) is 9.80 Å². The summed E-state index contributed by atoms with van der Waals surface area (Å²) in [6.07, 6.45) is 2.27. The lowest BCUT2D eigenvalue weighted by Crippen LogP contribution is -2.37. The minimum atomic E-state index is -0.573. The molecule has 0 aromatic heterocycles. The lowest BCUT2D eigenvalue weighted by molar-refractivity contribution is -0.387. The molecule has 0 saturated carbocycles. The second-order valence-corrected chi connectivity index (χ2v) is 7.41. The van der Waals surface area contributed by atoms with Crippen LogP contribution in [0.4, 0.5) is 10.1 Å². The second kappa shape index (κ2) is 9.04. The average molecular weight is 417 g/mol. The number of hydrogen-bond donors (Lipinski definition) is 0. The summed E-state index contributed by atoms with van der Waals surface area (Å²) >= 11 is 1.24. The van der Waals surface area contributed by atoms with Gasteiger partial charge >= 0.3 is 0 Å². The monoisotopic (exact) mass is 417 g/mol. The minimum absolute atomic E-state index is 0.00977. The highest BCUT2D eigenvalue weighted by Gasteiger charge is 2.26. The van der Waals surface area contributed by atoms with E-state index in [-0.39, 0.29) is 35.8 Å². The van der Waals surface area contributed by atoms with E-state index in [2.05, 4.69) is 0 Å². The summed E-state index contributed by atoms with van der Waals surface area (Å²) in [5.41, 5.74) is 0.147. The van der Waals surface area contributed by atoms with E-state index in [1.54, 1.807) is 29.4 Å². The number of nitro groups is 1. The van der Waals surface area contributed by atoms with Crippen LogP contribution in [0.25, 0.3) is 0 Å². The Morgan fingerprint density at radius 3 is 2.31 bits per heavy atom. The Morgan fingerprint density at radius 1 is 1.03 bits per heavy atom. The Labute approximate surface area is 171 Å². The Hall–Kier alpha value is -2.94. The molecule has 0 atom stereocenters. The molecule has 152 valence electrons. The molecule has 0 bridgehead atoms. The van der Waals surface area contributed by atoms with E-state index in [0.717, 1.165) is 0 Å². The van der Waals surface area contributed by atoms with E-state index in [1.165, 1.54) is 40.9 Å². The molecular formula is C20H20FN3O4S. The van der Waals surface area contributed by atoms with Gasteiger partial charge in [-0.3, -0.25) is 19.7 Å². The van der Waals surface area contributed by atoms with Gasteiger partial charge in [0.15, 0.2) is 0 Å². The molecule has 2 aromatic carbocycles. The fraction of sp³-hybridized carbons (Fsp3) is 0.300. The molecule has 1 aliphatic rings. The maximum atomic E-state index is 13.9. The van der Waals surface area contributed by atoms with Crippen LogP contribution in [0.1, 0.15) is 27.1 Å². The first-order chi connectivity index (χ1) is 13.9. The summed E-state index contributed by atoms with van der Waals surface area (Å²) in [6, 6.07) is 10.3. The van der Waals surface area contributed by atoms with Gasteiger partial charge < -0.3 is 9.80 Å². The van der Waals surface area contributed by atoms with Crippen molar-refractivity contribution in [3.05, 3.63) is 69.5 Å². The van der Waals surface area contributed by atoms with E-state index in [1.807, 2.05) is 0 Å². The third kappa shape index (κ3) is 4.56. The molecular weight excluding hydrogens is 397 g/mol. The summed E-state index contributed by atoms with van der Waals surface area (Å²) in [6.45, 7) is 1.36. The maximum Gasteiger partial charge on any atom is 0.283 e. The van der Waals surface area contributed by atoms with Crippen molar-refractivity contribution in [1.29, 1.82) is 0 Å². The zero-order chi connectivity index (χ0) is 21.0. The van der Waals surface area contributed by atoms with Crippen LogP contribution in [0.5, 0.6) is 0 Å². The van der Waals surface area contributed by atoms with Crippen LogP contribution < -0.4 is 0 Å². The van der Waals surface area contributed by atoms with Gasteiger partial charge in [-0.2, -0.15) is 0 Å². The number of carbonyl (C=O) groups excluding carboxylic acids is 2. The molecule has 7 nitrogen and oxygen atoms in total. The molecule has 1 heterocycles. The van der Waals surface area contributed by atoms with Crippen molar-refractivity contribution in [2.75, 3.05) is 32.4 Å². The summed E-state index contributed by atoms with van der Waals surface area (Å²) in [4.78, 5) is 39.8. The molecule has 2 amide bonds. The number of carbonyl (C=O) groups is 2. The van der Waals surface area contributed by atoms with Gasteiger partial charge in [-0.25, -0.2) is 4.39 Å². The third-order valence-corrected chi connectivity index (χ3v) is 5.58. The lowest BCUT2D eigenvalue weighted by Gasteiger charge is -2.22. The Bertz CT molecular complexity index is 953. The minimum Gasteiger partial charge on any atom is -0.337 e. The van der Waals surface area contributed by atoms with Crippen molar-refractivity contribution in [3.8, 4) is 0 Å². The Balaban J connectivity index is 1.73. The first-order valence-corrected chi connectivity index (χ1v) is 10.3. The van der Waals surface area contributed by atoms with Crippen molar-refractivity contribution < 1.29 is 18.9 Å². The lowest BCUT2D eigenvalue weighted by atomic mass is 10.1. The van der Waals surface area contributed by atoms with E-state index in [0.29, 0.717) is 24.4 Å². The number of thioether (sulfide) groups is 1. The summed E-state index contributed by atoms with van der Waals surface area (Å²) in [5.74, 6) is -1.30. The molecule has 9 heteroatoms. The standard InChI is InChI=1S/C20H20FN3O4S/c1-29-18-8-7-14(13-17(18)24(27)28)19(25)22-9-4-10-23(12-11-22)20(26)15-5-2-3-6-16(15)21/h2-3,5-8,13H,4,9-12H2,1H3. The Kier molecular flexibility index (Phi) is 6.48. The van der Waals surface area contributed by atoms with E-state index in [9.17, 15) is 24.1 Å². The normalized spacial score (nSPS) is 14.4. The van der Waals surface area contributed by atoms with Crippen molar-refractivity contribution in [3.63, 3.8) is 0 Å². The van der Waals surface area contributed by atoms with E-state index in [4.69, 9.17) is 0 Å². The zero-order valence-electron chi connectivity index (χ0n) is 15.8. The first-order valence-electron chi connectivity index (χ1n) is 9.08. The van der Waals surface area contributed by atoms with Crippen molar-refractivity contribution in [2.45, 2.75) is 11.3 Å². The Morgan fingerprint density at radius 2 is 1.69 bits per heavy atom. The van der Waals surface area contributed by atoms with Gasteiger partial charge in [0.1, 0.15) is 5.82 Å². The molecule has 1 saturated heterocycles. The second-order valence-electron chi connectivity index (χ2n) is 6.56. The highest BCUT2D eigenvalue weighted by molar-refractivity contribution is 7.98. The van der Waals surface area contributed by atoms with Gasteiger partial charge in [0.05, 0.1) is 15.4 Å². The van der Waals surface area contributed by atoms with Crippen LogP contribution in [-0.2, 0) is 0 Å². The van der Waals surface area contributed by atoms with Gasteiger partial charge in [0, 0.05) is 37.8 Å². The third-order valence-electron chi connectivity index (χ3n) is 4.80. The van der Waals surface area contributed by atoms with Crippen LogP contribution in [-0.4, -0.2) is 59.0 Å². The molecule has 29 heavy (non-hydrogen) atoms. The zero-order valence-corrected chi connectivity index (χ0v) is 16.7. The molecule has 0 aliphatic carbocycles. The fourth-order valence-corrected chi connectivity index (χ4v) is 3.82. The molecule has 1 aliphatic heterocycles. The smallest absolute Gasteiger partial charge is 0.283 e. The van der Waals surface area contributed by atoms with E-state index >= 15 is 0 Å². The van der Waals surface area contributed by atoms with Gasteiger partial charge in [-0.1, -0.05) is 12.1 Å². The molecule has 0 radical (unpaired) electrons. The number of nitrogens with zero attached hydrogens (tertiary/aromatic N) is 3. The number of nitro benzene ring substituents is 1. The number of hydrogen-bond acceptors (Lipinski definition) is 5. The number of benzene rings is 2. The van der Waals surface area contributed by atoms with Gasteiger partial charge in [-0.05, 0) is 36.9 Å².